The molecular weight excluding hydrogens is 236 g/mol. The Morgan fingerprint density at radius 2 is 1.74 bits per heavy atom. The van der Waals surface area contributed by atoms with Crippen molar-refractivity contribution in [1.82, 2.24) is 10.6 Å². The van der Waals surface area contributed by atoms with Crippen LogP contribution in [0.1, 0.15) is 66.2 Å². The first-order valence-electron chi connectivity index (χ1n) is 8.03. The molecule has 0 aliphatic heterocycles. The fourth-order valence-electron chi connectivity index (χ4n) is 1.90. The van der Waals surface area contributed by atoms with Crippen LogP contribution in [0.25, 0.3) is 0 Å². The monoisotopic (exact) mass is 270 g/mol. The number of carbonyl (C=O) groups excluding carboxylic acids is 1. The molecule has 114 valence electrons. The molecule has 1 amide bonds. The highest BCUT2D eigenvalue weighted by molar-refractivity contribution is 5.77. The maximum atomic E-state index is 11.5. The number of hydrogen-bond donors (Lipinski definition) is 2. The summed E-state index contributed by atoms with van der Waals surface area (Å²) in [4.78, 5) is 11.5. The van der Waals surface area contributed by atoms with Crippen molar-refractivity contribution >= 4 is 5.91 Å². The van der Waals surface area contributed by atoms with Crippen molar-refractivity contribution in [3.63, 3.8) is 0 Å². The molecule has 0 saturated heterocycles. The predicted octanol–water partition coefficient (Wildman–Crippen LogP) is 3.34. The molecule has 0 saturated carbocycles. The first-order chi connectivity index (χ1) is 9.06. The first kappa shape index (κ1) is 18.4. The number of carbonyl (C=O) groups is 1. The van der Waals surface area contributed by atoms with E-state index in [0.29, 0.717) is 12.5 Å². The summed E-state index contributed by atoms with van der Waals surface area (Å²) in [5, 5.41) is 6.17. The molecule has 3 nitrogen and oxygen atoms in total. The highest BCUT2D eigenvalue weighted by Crippen LogP contribution is 2.08. The number of hydrogen-bond acceptors (Lipinski definition) is 2. The summed E-state index contributed by atoms with van der Waals surface area (Å²) in [6.45, 7) is 11.1. The van der Waals surface area contributed by atoms with E-state index in [9.17, 15) is 4.79 Å². The van der Waals surface area contributed by atoms with Crippen LogP contribution < -0.4 is 10.6 Å². The molecule has 19 heavy (non-hydrogen) atoms. The van der Waals surface area contributed by atoms with E-state index in [1.807, 2.05) is 0 Å². The highest BCUT2D eigenvalue weighted by Gasteiger charge is 2.02. The third kappa shape index (κ3) is 13.7. The van der Waals surface area contributed by atoms with Crippen LogP contribution in [0.15, 0.2) is 0 Å². The standard InChI is InChI=1S/C16H34N2O/c1-5-15(4)12-17-13-16(19)18-11-9-7-6-8-10-14(2)3/h14-15,17H,5-13H2,1-4H3,(H,18,19). The summed E-state index contributed by atoms with van der Waals surface area (Å²) in [6.07, 6.45) is 7.43. The Bertz CT molecular complexity index is 217. The second-order valence-corrected chi connectivity index (χ2v) is 6.09. The van der Waals surface area contributed by atoms with Gasteiger partial charge in [-0.05, 0) is 24.8 Å². The summed E-state index contributed by atoms with van der Waals surface area (Å²) in [5.41, 5.74) is 0. The molecule has 0 aromatic heterocycles. The molecule has 0 aliphatic carbocycles. The lowest BCUT2D eigenvalue weighted by molar-refractivity contribution is -0.120. The summed E-state index contributed by atoms with van der Waals surface area (Å²) in [5.74, 6) is 1.59. The second kappa shape index (κ2) is 12.5. The molecule has 0 aromatic carbocycles. The third-order valence-corrected chi connectivity index (χ3v) is 3.51. The van der Waals surface area contributed by atoms with Gasteiger partial charge in [0.25, 0.3) is 0 Å². The van der Waals surface area contributed by atoms with E-state index in [1.54, 1.807) is 0 Å². The Labute approximate surface area is 119 Å². The summed E-state index contributed by atoms with van der Waals surface area (Å²) in [7, 11) is 0. The zero-order valence-corrected chi connectivity index (χ0v) is 13.4. The maximum Gasteiger partial charge on any atom is 0.233 e. The molecule has 1 unspecified atom stereocenters. The average molecular weight is 270 g/mol. The van der Waals surface area contributed by atoms with Crippen molar-refractivity contribution in [1.29, 1.82) is 0 Å². The Morgan fingerprint density at radius 3 is 2.37 bits per heavy atom. The van der Waals surface area contributed by atoms with E-state index < -0.39 is 0 Å². The minimum atomic E-state index is 0.130. The smallest absolute Gasteiger partial charge is 0.233 e. The minimum absolute atomic E-state index is 0.130. The Kier molecular flexibility index (Phi) is 12.1. The van der Waals surface area contributed by atoms with Crippen LogP contribution in [0.3, 0.4) is 0 Å². The number of rotatable bonds is 12. The van der Waals surface area contributed by atoms with Gasteiger partial charge >= 0.3 is 0 Å². The molecule has 0 radical (unpaired) electrons. The Balaban J connectivity index is 3.25. The SMILES string of the molecule is CCC(C)CNCC(=O)NCCCCCCC(C)C. The number of amides is 1. The predicted molar refractivity (Wildman–Crippen MR) is 83.3 cm³/mol. The van der Waals surface area contributed by atoms with Gasteiger partial charge in [0.1, 0.15) is 0 Å². The second-order valence-electron chi connectivity index (χ2n) is 6.09. The van der Waals surface area contributed by atoms with Crippen molar-refractivity contribution in [3.05, 3.63) is 0 Å². The van der Waals surface area contributed by atoms with Crippen molar-refractivity contribution < 1.29 is 4.79 Å². The van der Waals surface area contributed by atoms with E-state index in [0.717, 1.165) is 31.8 Å². The summed E-state index contributed by atoms with van der Waals surface area (Å²) < 4.78 is 0. The van der Waals surface area contributed by atoms with Crippen molar-refractivity contribution in [2.75, 3.05) is 19.6 Å². The van der Waals surface area contributed by atoms with Gasteiger partial charge in [0.2, 0.25) is 5.91 Å². The number of unbranched alkanes of at least 4 members (excludes halogenated alkanes) is 3. The van der Waals surface area contributed by atoms with Crippen LogP contribution in [0.5, 0.6) is 0 Å². The van der Waals surface area contributed by atoms with Crippen molar-refractivity contribution in [2.24, 2.45) is 11.8 Å². The molecule has 1 atom stereocenters. The molecule has 0 aromatic rings. The minimum Gasteiger partial charge on any atom is -0.355 e. The fourth-order valence-corrected chi connectivity index (χ4v) is 1.90. The topological polar surface area (TPSA) is 41.1 Å². The van der Waals surface area contributed by atoms with E-state index in [2.05, 4.69) is 38.3 Å². The molecule has 0 aliphatic rings. The van der Waals surface area contributed by atoms with Crippen LogP contribution >= 0.6 is 0 Å². The molecule has 0 fully saturated rings. The van der Waals surface area contributed by atoms with Gasteiger partial charge in [0.15, 0.2) is 0 Å². The lowest BCUT2D eigenvalue weighted by atomic mass is 10.0. The lowest BCUT2D eigenvalue weighted by Gasteiger charge is -2.10. The van der Waals surface area contributed by atoms with Crippen LogP contribution in [0.2, 0.25) is 0 Å². The molecule has 3 heteroatoms. The van der Waals surface area contributed by atoms with Gasteiger partial charge in [-0.1, -0.05) is 59.8 Å². The van der Waals surface area contributed by atoms with Gasteiger partial charge in [-0.3, -0.25) is 4.79 Å². The largest absolute Gasteiger partial charge is 0.355 e. The lowest BCUT2D eigenvalue weighted by Crippen LogP contribution is -2.36. The fraction of sp³-hybridized carbons (Fsp3) is 0.938. The maximum absolute atomic E-state index is 11.5. The average Bonchev–Trinajstić information content (AvgIpc) is 2.37. The van der Waals surface area contributed by atoms with E-state index in [-0.39, 0.29) is 5.91 Å². The zero-order valence-electron chi connectivity index (χ0n) is 13.4. The summed E-state index contributed by atoms with van der Waals surface area (Å²) >= 11 is 0. The normalized spacial score (nSPS) is 12.7. The van der Waals surface area contributed by atoms with Gasteiger partial charge in [-0.25, -0.2) is 0 Å². The molecule has 0 rings (SSSR count). The van der Waals surface area contributed by atoms with Crippen LogP contribution in [-0.2, 0) is 4.79 Å². The Hall–Kier alpha value is -0.570. The van der Waals surface area contributed by atoms with Gasteiger partial charge < -0.3 is 10.6 Å². The molecule has 0 heterocycles. The van der Waals surface area contributed by atoms with Gasteiger partial charge in [-0.2, -0.15) is 0 Å². The van der Waals surface area contributed by atoms with E-state index in [1.165, 1.54) is 25.7 Å². The molecular formula is C16H34N2O. The van der Waals surface area contributed by atoms with Crippen LogP contribution in [-0.4, -0.2) is 25.5 Å². The van der Waals surface area contributed by atoms with Gasteiger partial charge in [-0.15, -0.1) is 0 Å². The van der Waals surface area contributed by atoms with Gasteiger partial charge in [0.05, 0.1) is 6.54 Å². The van der Waals surface area contributed by atoms with E-state index in [4.69, 9.17) is 0 Å². The summed E-state index contributed by atoms with van der Waals surface area (Å²) in [6, 6.07) is 0. The first-order valence-corrected chi connectivity index (χ1v) is 8.03. The van der Waals surface area contributed by atoms with Gasteiger partial charge in [0, 0.05) is 6.54 Å². The zero-order chi connectivity index (χ0) is 14.5. The Morgan fingerprint density at radius 1 is 1.05 bits per heavy atom. The van der Waals surface area contributed by atoms with E-state index >= 15 is 0 Å². The quantitative estimate of drug-likeness (QED) is 0.534. The van der Waals surface area contributed by atoms with Crippen molar-refractivity contribution in [3.8, 4) is 0 Å². The van der Waals surface area contributed by atoms with Crippen LogP contribution in [0.4, 0.5) is 0 Å². The number of nitrogens with one attached hydrogen (secondary N) is 2. The molecule has 2 N–H and O–H groups in total. The third-order valence-electron chi connectivity index (χ3n) is 3.51. The molecule has 0 spiro atoms. The molecule has 0 bridgehead atoms. The highest BCUT2D eigenvalue weighted by atomic mass is 16.1. The van der Waals surface area contributed by atoms with Crippen molar-refractivity contribution in [2.45, 2.75) is 66.2 Å². The van der Waals surface area contributed by atoms with Crippen LogP contribution in [0, 0.1) is 11.8 Å².